The number of ether oxygens (including phenoxy) is 13. The molecule has 3 aliphatic heterocycles. The van der Waals surface area contributed by atoms with E-state index in [0.29, 0.717) is 19.6 Å². The summed E-state index contributed by atoms with van der Waals surface area (Å²) in [6.07, 6.45) is -15.0. The van der Waals surface area contributed by atoms with Crippen LogP contribution in [0.3, 0.4) is 0 Å². The molecule has 0 saturated carbocycles. The Morgan fingerprint density at radius 2 is 0.979 bits per heavy atom. The lowest BCUT2D eigenvalue weighted by molar-refractivity contribution is -1.08. The van der Waals surface area contributed by atoms with Gasteiger partial charge in [-0.2, -0.15) is 4.52 Å². The largest absolute Gasteiger partial charge is 0.601 e. The fraction of sp³-hybridized carbons (Fsp3) is 0.434. The number of carbonyl (C=O) groups excluding carboxylic acids is 1. The molecule has 0 aromatic heterocycles. The summed E-state index contributed by atoms with van der Waals surface area (Å²) in [5.74, 6) is -0.436. The molecule has 3 fully saturated rings. The van der Waals surface area contributed by atoms with E-state index >= 15 is 4.89 Å². The highest BCUT2D eigenvalue weighted by molar-refractivity contribution is 7.53. The molecule has 3 unspecified atom stereocenters. The minimum atomic E-state index is -5.16. The highest BCUT2D eigenvalue weighted by atomic mass is 31.2. The van der Waals surface area contributed by atoms with Crippen molar-refractivity contribution in [1.82, 2.24) is 5.32 Å². The normalized spacial score (nSPS) is 24.6. The Morgan fingerprint density at radius 1 is 0.536 bits per heavy atom. The van der Waals surface area contributed by atoms with Gasteiger partial charge >= 0.3 is 8.17 Å². The number of amides is 1. The zero-order valence-electron chi connectivity index (χ0n) is 56.4. The third-order valence-corrected chi connectivity index (χ3v) is 19.1. The third kappa shape index (κ3) is 20.7. The molecule has 7 aromatic carbocycles. The van der Waals surface area contributed by atoms with Crippen molar-refractivity contribution in [3.05, 3.63) is 251 Å². The van der Waals surface area contributed by atoms with Gasteiger partial charge in [0.1, 0.15) is 87.2 Å². The maximum absolute atomic E-state index is 17.1. The number of hydroxylamine groups is 3. The summed E-state index contributed by atoms with van der Waals surface area (Å²) in [5.41, 5.74) is 5.96. The second-order valence-corrected chi connectivity index (χ2v) is 25.7. The van der Waals surface area contributed by atoms with Gasteiger partial charge < -0.3 is 71.8 Å². The number of benzene rings is 7. The summed E-state index contributed by atoms with van der Waals surface area (Å²) < 4.78 is 110. The molecule has 20 nitrogen and oxygen atoms in total. The second kappa shape index (κ2) is 37.2. The molecule has 10 rings (SSSR count). The first kappa shape index (κ1) is 73.4. The first-order chi connectivity index (χ1) is 47.4. The number of nitrogens with one attached hydrogen (secondary N) is 1. The van der Waals surface area contributed by atoms with Crippen LogP contribution < -0.4 is 10.2 Å². The minimum absolute atomic E-state index is 0.0170. The zero-order valence-corrected chi connectivity index (χ0v) is 57.3. The summed E-state index contributed by atoms with van der Waals surface area (Å²) in [6.45, 7) is 10.1. The standard InChI is InChI=1S/C76H93N2O18P/c1-8-78(9-2,10-3)96-97(80,90-53-64-67(85-48-58-36-22-13-23-37-58)70(86-49-59-38-24-14-25-39-59)72(75(82-7)92-64)88-51-61-42-28-16-29-43-61)95-76(94-74-65(77-55(5)79)69(81-6)68-63(91-74)52-89-73(93-68)62-44-30-17-31-45-62)71(87-50-60-40-26-15-27-41-60)66(84-47-57-34-20-12-21-35-57)54(4)83-46-56-32-18-11-19-33-56/h11-45,54,63-76H,8-10,46-53H2,1-7H3/p+1/t54-,63-,64-,65-,66-,67-,68+,69-,70+,71-,72-,73?,74+,75-,76?,97?/m1/s1. The Bertz CT molecular complexity index is 3340. The Kier molecular flexibility index (Phi) is 28.2. The van der Waals surface area contributed by atoms with Crippen molar-refractivity contribution in [2.24, 2.45) is 0 Å². The van der Waals surface area contributed by atoms with Crippen LogP contribution in [0.5, 0.6) is 0 Å². The van der Waals surface area contributed by atoms with Crippen molar-refractivity contribution in [1.29, 1.82) is 0 Å². The molecule has 3 heterocycles. The quantitative estimate of drug-likeness (QED) is 0.0167. The molecule has 520 valence electrons. The van der Waals surface area contributed by atoms with Gasteiger partial charge in [-0.25, -0.2) is 0 Å². The minimum Gasteiger partial charge on any atom is -0.601 e. The van der Waals surface area contributed by atoms with Gasteiger partial charge in [-0.3, -0.25) is 4.79 Å². The molecule has 0 radical (unpaired) electrons. The molecule has 7 aromatic rings. The van der Waals surface area contributed by atoms with Crippen molar-refractivity contribution in [2.45, 2.75) is 167 Å². The Morgan fingerprint density at radius 3 is 1.44 bits per heavy atom. The first-order valence-electron chi connectivity index (χ1n) is 33.4. The van der Waals surface area contributed by atoms with E-state index in [9.17, 15) is 4.79 Å². The monoisotopic (exact) mass is 1350 g/mol. The lowest BCUT2D eigenvalue weighted by atomic mass is 9.95. The number of hydrogen-bond acceptors (Lipinski definition) is 18. The molecule has 0 aliphatic carbocycles. The van der Waals surface area contributed by atoms with Crippen molar-refractivity contribution in [2.75, 3.05) is 47.1 Å². The highest BCUT2D eigenvalue weighted by Gasteiger charge is 2.58. The summed E-state index contributed by atoms with van der Waals surface area (Å²) in [7, 11) is -2.12. The summed E-state index contributed by atoms with van der Waals surface area (Å²) >= 11 is 0. The van der Waals surface area contributed by atoms with Crippen LogP contribution in [-0.2, 0) is 120 Å². The highest BCUT2D eigenvalue weighted by Crippen LogP contribution is 2.58. The van der Waals surface area contributed by atoms with Crippen molar-refractivity contribution >= 4 is 14.1 Å². The maximum atomic E-state index is 17.1. The number of quaternary nitrogens is 1. The SMILES string of the molecule is CC[N+](CC)(CC)O[P+]([O-])(OC[C@H]1O[C@@H](OC)[C@H](OCc2ccccc2)[C@@H](OCc2ccccc2)[C@@H]1OCc1ccccc1)OC(O[C@@H]1O[C@@H]2COC(c3ccccc3)O[C@@H]2[C@H](OC)[C@H]1NC(C)=O)[C@H](OCc1ccccc1)[C@H](OCc1ccccc1)[C@@H](C)OCc1ccccc1. The van der Waals surface area contributed by atoms with Crippen LogP contribution in [0, 0.1) is 0 Å². The molecule has 21 heteroatoms. The fourth-order valence-electron chi connectivity index (χ4n) is 12.2. The van der Waals surface area contributed by atoms with Gasteiger partial charge in [-0.1, -0.05) is 212 Å². The Balaban J connectivity index is 1.09. The first-order valence-corrected chi connectivity index (χ1v) is 34.9. The van der Waals surface area contributed by atoms with E-state index in [0.717, 1.165) is 38.9 Å². The van der Waals surface area contributed by atoms with Crippen LogP contribution in [0.1, 0.15) is 79.9 Å². The van der Waals surface area contributed by atoms with E-state index in [1.807, 2.05) is 240 Å². The number of hydrogen-bond donors (Lipinski definition) is 1. The lowest BCUT2D eigenvalue weighted by Crippen LogP contribution is -2.68. The van der Waals surface area contributed by atoms with Crippen LogP contribution in [-0.4, -0.2) is 144 Å². The number of phosphoric acid groups is 1. The second-order valence-electron chi connectivity index (χ2n) is 24.2. The number of fused-ring (bicyclic) bond motifs is 1. The van der Waals surface area contributed by atoms with Crippen LogP contribution in [0.4, 0.5) is 0 Å². The number of nitrogens with zero attached hydrogens (tertiary/aromatic N) is 1. The predicted molar refractivity (Wildman–Crippen MR) is 360 cm³/mol. The summed E-state index contributed by atoms with van der Waals surface area (Å²) in [4.78, 5) is 30.8. The van der Waals surface area contributed by atoms with E-state index in [1.165, 1.54) is 21.1 Å². The van der Waals surface area contributed by atoms with Gasteiger partial charge in [0.25, 0.3) is 0 Å². The predicted octanol–water partition coefficient (Wildman–Crippen LogP) is 11.5. The Labute approximate surface area is 571 Å². The van der Waals surface area contributed by atoms with Gasteiger partial charge in [0.15, 0.2) is 18.9 Å². The van der Waals surface area contributed by atoms with Gasteiger partial charge in [0, 0.05) is 31.3 Å². The van der Waals surface area contributed by atoms with Crippen LogP contribution in [0.25, 0.3) is 0 Å². The molecular weight excluding hydrogens is 1260 g/mol. The van der Waals surface area contributed by atoms with Gasteiger partial charge in [0.05, 0.1) is 52.4 Å². The van der Waals surface area contributed by atoms with Gasteiger partial charge in [-0.05, 0) is 61.1 Å². The molecule has 97 heavy (non-hydrogen) atoms. The maximum Gasteiger partial charge on any atom is 0.452 e. The molecule has 1 N–H and O–H groups in total. The molecule has 16 atom stereocenters. The lowest BCUT2D eigenvalue weighted by Gasteiger charge is -2.49. The topological polar surface area (TPSA) is 200 Å². The van der Waals surface area contributed by atoms with Gasteiger partial charge in [0.2, 0.25) is 12.2 Å². The Hall–Kier alpha value is -6.28. The van der Waals surface area contributed by atoms with E-state index in [1.54, 1.807) is 0 Å². The van der Waals surface area contributed by atoms with Crippen LogP contribution >= 0.6 is 8.17 Å². The summed E-state index contributed by atoms with van der Waals surface area (Å²) in [5, 5.41) is 3.06. The number of rotatable bonds is 37. The van der Waals surface area contributed by atoms with Crippen LogP contribution in [0.15, 0.2) is 212 Å². The van der Waals surface area contributed by atoms with Crippen molar-refractivity contribution in [3.63, 3.8) is 0 Å². The fourth-order valence-corrected chi connectivity index (χ4v) is 13.8. The van der Waals surface area contributed by atoms with Gasteiger partial charge in [-0.15, -0.1) is 9.17 Å². The van der Waals surface area contributed by atoms with Crippen molar-refractivity contribution < 1.29 is 89.6 Å². The molecule has 0 spiro atoms. The molecule has 3 saturated heterocycles. The number of carbonyl (C=O) groups is 1. The smallest absolute Gasteiger partial charge is 0.452 e. The van der Waals surface area contributed by atoms with Crippen molar-refractivity contribution in [3.8, 4) is 0 Å². The average molecular weight is 1350 g/mol. The number of methoxy groups -OCH3 is 2. The zero-order chi connectivity index (χ0) is 67.8. The van der Waals surface area contributed by atoms with E-state index in [4.69, 9.17) is 75.3 Å². The molecule has 1 amide bonds. The number of phosphoric ester groups is 1. The average Bonchev–Trinajstić information content (AvgIpc) is 0.783. The van der Waals surface area contributed by atoms with E-state index in [2.05, 4.69) is 5.32 Å². The van der Waals surface area contributed by atoms with E-state index in [-0.39, 0.29) is 50.9 Å². The molecule has 3 aliphatic rings. The third-order valence-electron chi connectivity index (χ3n) is 17.6. The van der Waals surface area contributed by atoms with E-state index < -0.39 is 113 Å². The van der Waals surface area contributed by atoms with Crippen LogP contribution in [0.2, 0.25) is 0 Å². The molecular formula is C76H94N2O18P+. The molecule has 0 bridgehead atoms. The summed E-state index contributed by atoms with van der Waals surface area (Å²) in [6, 6.07) is 66.6.